The zero-order valence-electron chi connectivity index (χ0n) is 7.92. The van der Waals surface area contributed by atoms with Crippen molar-refractivity contribution < 1.29 is 4.79 Å². The molecule has 6 heteroatoms. The Morgan fingerprint density at radius 2 is 2.43 bits per heavy atom. The topological polar surface area (TPSA) is 54.9 Å². The maximum absolute atomic E-state index is 11.5. The Bertz CT molecular complexity index is 303. The molecule has 0 atom stereocenters. The van der Waals surface area contributed by atoms with Crippen molar-refractivity contribution in [3.63, 3.8) is 0 Å². The summed E-state index contributed by atoms with van der Waals surface area (Å²) in [5, 5.41) is 6.63. The molecule has 1 N–H and O–H groups in total. The molecule has 0 radical (unpaired) electrons. The van der Waals surface area contributed by atoms with Crippen molar-refractivity contribution >= 4 is 29.0 Å². The largest absolute Gasteiger partial charge is 0.351 e. The Hall–Kier alpha value is -0.680. The van der Waals surface area contributed by atoms with E-state index in [2.05, 4.69) is 14.9 Å². The van der Waals surface area contributed by atoms with Gasteiger partial charge in [0.25, 0.3) is 5.91 Å². The first-order valence-electron chi connectivity index (χ1n) is 4.45. The minimum absolute atomic E-state index is 0.0954. The second kappa shape index (κ2) is 5.93. The Kier molecular flexibility index (Phi) is 4.82. The summed E-state index contributed by atoms with van der Waals surface area (Å²) in [6.07, 6.45) is 1.51. The number of rotatable bonds is 5. The van der Waals surface area contributed by atoms with E-state index in [-0.39, 0.29) is 5.91 Å². The average molecular weight is 234 g/mol. The summed E-state index contributed by atoms with van der Waals surface area (Å²) >= 11 is 6.63. The van der Waals surface area contributed by atoms with Gasteiger partial charge in [-0.2, -0.15) is 0 Å². The summed E-state index contributed by atoms with van der Waals surface area (Å²) in [7, 11) is 0. The summed E-state index contributed by atoms with van der Waals surface area (Å²) in [6.45, 7) is 2.55. The highest BCUT2D eigenvalue weighted by Gasteiger charge is 2.13. The van der Waals surface area contributed by atoms with Gasteiger partial charge in [-0.1, -0.05) is 11.4 Å². The third kappa shape index (κ3) is 2.92. The number of nitrogens with zero attached hydrogens (tertiary/aromatic N) is 2. The van der Waals surface area contributed by atoms with Crippen LogP contribution < -0.4 is 5.32 Å². The second-order valence-electron chi connectivity index (χ2n) is 2.70. The van der Waals surface area contributed by atoms with Gasteiger partial charge in [-0.05, 0) is 24.4 Å². The Labute approximate surface area is 91.8 Å². The Balaban J connectivity index is 2.51. The number of alkyl halides is 1. The number of nitrogens with one attached hydrogen (secondary N) is 1. The molecular weight excluding hydrogens is 222 g/mol. The van der Waals surface area contributed by atoms with Gasteiger partial charge in [-0.15, -0.1) is 16.7 Å². The van der Waals surface area contributed by atoms with Gasteiger partial charge in [0.05, 0.1) is 5.69 Å². The number of halogens is 1. The van der Waals surface area contributed by atoms with Crippen LogP contribution in [0.4, 0.5) is 0 Å². The standard InChI is InChI=1S/C8H12ClN3OS/c1-2-6-7(14-12-11-6)8(13)10-5-3-4-9/h2-5H2,1H3,(H,10,13). The van der Waals surface area contributed by atoms with Gasteiger partial charge in [-0.25, -0.2) is 0 Å². The van der Waals surface area contributed by atoms with Crippen LogP contribution in [0.2, 0.25) is 0 Å². The van der Waals surface area contributed by atoms with Gasteiger partial charge < -0.3 is 5.32 Å². The number of hydrogen-bond acceptors (Lipinski definition) is 4. The lowest BCUT2D eigenvalue weighted by molar-refractivity contribution is 0.0957. The van der Waals surface area contributed by atoms with Crippen LogP contribution >= 0.6 is 23.1 Å². The van der Waals surface area contributed by atoms with Gasteiger partial charge in [-0.3, -0.25) is 4.79 Å². The first kappa shape index (κ1) is 11.4. The molecule has 1 heterocycles. The number of aryl methyl sites for hydroxylation is 1. The molecule has 4 nitrogen and oxygen atoms in total. The zero-order valence-corrected chi connectivity index (χ0v) is 9.49. The third-order valence-electron chi connectivity index (χ3n) is 1.69. The van der Waals surface area contributed by atoms with Crippen LogP contribution in [0.3, 0.4) is 0 Å². The zero-order chi connectivity index (χ0) is 10.4. The molecule has 0 spiro atoms. The van der Waals surface area contributed by atoms with Crippen molar-refractivity contribution in [3.05, 3.63) is 10.6 Å². The predicted molar refractivity (Wildman–Crippen MR) is 57.0 cm³/mol. The van der Waals surface area contributed by atoms with E-state index >= 15 is 0 Å². The SMILES string of the molecule is CCc1nnsc1C(=O)NCCCCl. The normalized spacial score (nSPS) is 10.1. The molecule has 0 aliphatic rings. The lowest BCUT2D eigenvalue weighted by atomic mass is 10.3. The van der Waals surface area contributed by atoms with Crippen LogP contribution in [-0.4, -0.2) is 27.9 Å². The lowest BCUT2D eigenvalue weighted by Gasteiger charge is -2.01. The van der Waals surface area contributed by atoms with E-state index in [1.807, 2.05) is 6.92 Å². The van der Waals surface area contributed by atoms with E-state index in [1.54, 1.807) is 0 Å². The molecular formula is C8H12ClN3OS. The molecule has 0 saturated carbocycles. The molecule has 0 aliphatic heterocycles. The van der Waals surface area contributed by atoms with Crippen molar-refractivity contribution in [1.29, 1.82) is 0 Å². The quantitative estimate of drug-likeness (QED) is 0.619. The second-order valence-corrected chi connectivity index (χ2v) is 3.83. The van der Waals surface area contributed by atoms with Crippen LogP contribution in [0, 0.1) is 0 Å². The highest BCUT2D eigenvalue weighted by molar-refractivity contribution is 7.08. The molecule has 1 amide bonds. The highest BCUT2D eigenvalue weighted by atomic mass is 35.5. The molecule has 14 heavy (non-hydrogen) atoms. The summed E-state index contributed by atoms with van der Waals surface area (Å²) in [5.74, 6) is 0.462. The fourth-order valence-corrected chi connectivity index (χ4v) is 1.76. The smallest absolute Gasteiger partial charge is 0.264 e. The van der Waals surface area contributed by atoms with Gasteiger partial charge in [0.1, 0.15) is 4.88 Å². The molecule has 0 unspecified atom stereocenters. The van der Waals surface area contributed by atoms with E-state index in [4.69, 9.17) is 11.6 Å². The molecule has 0 bridgehead atoms. The molecule has 1 rings (SSSR count). The fraction of sp³-hybridized carbons (Fsp3) is 0.625. The molecule has 0 aliphatic carbocycles. The fourth-order valence-electron chi connectivity index (χ4n) is 0.961. The van der Waals surface area contributed by atoms with Crippen LogP contribution in [0.5, 0.6) is 0 Å². The Morgan fingerprint density at radius 1 is 1.64 bits per heavy atom. The number of hydrogen-bond donors (Lipinski definition) is 1. The molecule has 1 aromatic heterocycles. The molecule has 1 aromatic rings. The van der Waals surface area contributed by atoms with Crippen molar-refractivity contribution in [1.82, 2.24) is 14.9 Å². The number of carbonyl (C=O) groups excluding carboxylic acids is 1. The van der Waals surface area contributed by atoms with Crippen LogP contribution in [0.25, 0.3) is 0 Å². The van der Waals surface area contributed by atoms with E-state index in [0.29, 0.717) is 17.3 Å². The van der Waals surface area contributed by atoms with E-state index in [9.17, 15) is 4.79 Å². The number of aromatic nitrogens is 2. The van der Waals surface area contributed by atoms with Crippen LogP contribution in [0.15, 0.2) is 0 Å². The average Bonchev–Trinajstić information content (AvgIpc) is 2.65. The van der Waals surface area contributed by atoms with Crippen molar-refractivity contribution in [2.24, 2.45) is 0 Å². The van der Waals surface area contributed by atoms with Gasteiger partial charge in [0.2, 0.25) is 0 Å². The van der Waals surface area contributed by atoms with Crippen LogP contribution in [0.1, 0.15) is 28.7 Å². The summed E-state index contributed by atoms with van der Waals surface area (Å²) in [4.78, 5) is 12.1. The molecule has 0 aromatic carbocycles. The summed E-state index contributed by atoms with van der Waals surface area (Å²) in [6, 6.07) is 0. The molecule has 0 fully saturated rings. The molecule has 78 valence electrons. The maximum atomic E-state index is 11.5. The van der Waals surface area contributed by atoms with E-state index < -0.39 is 0 Å². The summed E-state index contributed by atoms with van der Waals surface area (Å²) < 4.78 is 3.75. The maximum Gasteiger partial charge on any atom is 0.264 e. The first-order valence-corrected chi connectivity index (χ1v) is 5.75. The predicted octanol–water partition coefficient (Wildman–Crippen LogP) is 1.46. The summed E-state index contributed by atoms with van der Waals surface area (Å²) in [5.41, 5.74) is 0.762. The highest BCUT2D eigenvalue weighted by Crippen LogP contribution is 2.10. The minimum atomic E-state index is -0.0954. The number of carbonyl (C=O) groups is 1. The van der Waals surface area contributed by atoms with Gasteiger partial charge >= 0.3 is 0 Å². The van der Waals surface area contributed by atoms with E-state index in [0.717, 1.165) is 30.1 Å². The number of amides is 1. The first-order chi connectivity index (χ1) is 6.79. The van der Waals surface area contributed by atoms with Crippen molar-refractivity contribution in [2.75, 3.05) is 12.4 Å². The van der Waals surface area contributed by atoms with Gasteiger partial charge in [0.15, 0.2) is 0 Å². The van der Waals surface area contributed by atoms with E-state index in [1.165, 1.54) is 0 Å². The van der Waals surface area contributed by atoms with Crippen molar-refractivity contribution in [2.45, 2.75) is 19.8 Å². The molecule has 0 saturated heterocycles. The van der Waals surface area contributed by atoms with Gasteiger partial charge in [0, 0.05) is 12.4 Å². The van der Waals surface area contributed by atoms with Crippen molar-refractivity contribution in [3.8, 4) is 0 Å². The minimum Gasteiger partial charge on any atom is -0.351 e. The Morgan fingerprint density at radius 3 is 3.07 bits per heavy atom. The monoisotopic (exact) mass is 233 g/mol. The lowest BCUT2D eigenvalue weighted by Crippen LogP contribution is -2.24. The third-order valence-corrected chi connectivity index (χ3v) is 2.73. The van der Waals surface area contributed by atoms with Crippen LogP contribution in [-0.2, 0) is 6.42 Å².